The summed E-state index contributed by atoms with van der Waals surface area (Å²) in [5.41, 5.74) is 6.53. The summed E-state index contributed by atoms with van der Waals surface area (Å²) in [7, 11) is 0. The lowest BCUT2D eigenvalue weighted by Gasteiger charge is -2.16. The maximum atomic E-state index is 12.9. The summed E-state index contributed by atoms with van der Waals surface area (Å²) in [6.07, 6.45) is 1.05. The second-order valence-electron chi connectivity index (χ2n) is 3.30. The normalized spacial score (nSPS) is 12.8. The highest BCUT2D eigenvalue weighted by molar-refractivity contribution is 5.20. The number of nitrogens with one attached hydrogen (secondary N) is 1. The molecule has 1 atom stereocenters. The summed E-state index contributed by atoms with van der Waals surface area (Å²) in [6, 6.07) is 6.63. The summed E-state index contributed by atoms with van der Waals surface area (Å²) in [5.74, 6) is -0.209. The van der Waals surface area contributed by atoms with E-state index in [1.54, 1.807) is 6.07 Å². The SMILES string of the molecule is CCCNC(CN)c1cccc(F)c1. The van der Waals surface area contributed by atoms with Crippen LogP contribution in [0.3, 0.4) is 0 Å². The first kappa shape index (κ1) is 11.1. The molecule has 0 radical (unpaired) electrons. The predicted octanol–water partition coefficient (Wildman–Crippen LogP) is 1.83. The minimum absolute atomic E-state index is 0.0608. The highest BCUT2D eigenvalue weighted by Gasteiger charge is 2.08. The van der Waals surface area contributed by atoms with Crippen molar-refractivity contribution in [2.75, 3.05) is 13.1 Å². The molecule has 14 heavy (non-hydrogen) atoms. The third-order valence-corrected chi connectivity index (χ3v) is 2.13. The number of halogens is 1. The van der Waals surface area contributed by atoms with Gasteiger partial charge in [-0.1, -0.05) is 19.1 Å². The molecule has 0 aromatic heterocycles. The lowest BCUT2D eigenvalue weighted by Crippen LogP contribution is -2.28. The Morgan fingerprint density at radius 3 is 2.86 bits per heavy atom. The van der Waals surface area contributed by atoms with Crippen molar-refractivity contribution in [3.63, 3.8) is 0 Å². The van der Waals surface area contributed by atoms with Gasteiger partial charge in [0.05, 0.1) is 0 Å². The molecule has 0 aliphatic rings. The summed E-state index contributed by atoms with van der Waals surface area (Å²) in [6.45, 7) is 3.48. The van der Waals surface area contributed by atoms with Crippen LogP contribution in [0.2, 0.25) is 0 Å². The van der Waals surface area contributed by atoms with Crippen molar-refractivity contribution in [1.29, 1.82) is 0 Å². The zero-order chi connectivity index (χ0) is 10.4. The van der Waals surface area contributed by atoms with Crippen LogP contribution in [0.5, 0.6) is 0 Å². The second kappa shape index (κ2) is 5.73. The summed E-state index contributed by atoms with van der Waals surface area (Å²) >= 11 is 0. The number of rotatable bonds is 5. The van der Waals surface area contributed by atoms with E-state index in [0.717, 1.165) is 18.5 Å². The van der Waals surface area contributed by atoms with Crippen LogP contribution < -0.4 is 11.1 Å². The average Bonchev–Trinajstić information content (AvgIpc) is 2.19. The fourth-order valence-corrected chi connectivity index (χ4v) is 1.38. The topological polar surface area (TPSA) is 38.0 Å². The van der Waals surface area contributed by atoms with Crippen molar-refractivity contribution < 1.29 is 4.39 Å². The Bertz CT molecular complexity index is 276. The lowest BCUT2D eigenvalue weighted by atomic mass is 10.1. The standard InChI is InChI=1S/C11H17FN2/c1-2-6-14-11(8-13)9-4-3-5-10(12)7-9/h3-5,7,11,14H,2,6,8,13H2,1H3. The third-order valence-electron chi connectivity index (χ3n) is 2.13. The molecule has 3 heteroatoms. The van der Waals surface area contributed by atoms with Crippen LogP contribution in [-0.2, 0) is 0 Å². The minimum atomic E-state index is -0.209. The van der Waals surface area contributed by atoms with E-state index in [1.165, 1.54) is 12.1 Å². The van der Waals surface area contributed by atoms with Gasteiger partial charge in [-0.3, -0.25) is 0 Å². The molecular weight excluding hydrogens is 179 g/mol. The van der Waals surface area contributed by atoms with E-state index in [0.29, 0.717) is 6.54 Å². The first-order valence-corrected chi connectivity index (χ1v) is 4.96. The van der Waals surface area contributed by atoms with Crippen molar-refractivity contribution in [1.82, 2.24) is 5.32 Å². The molecule has 0 fully saturated rings. The van der Waals surface area contributed by atoms with Crippen LogP contribution in [0.15, 0.2) is 24.3 Å². The Labute approximate surface area is 84.3 Å². The molecule has 0 bridgehead atoms. The molecular formula is C11H17FN2. The molecule has 0 saturated carbocycles. The number of hydrogen-bond acceptors (Lipinski definition) is 2. The smallest absolute Gasteiger partial charge is 0.123 e. The van der Waals surface area contributed by atoms with Gasteiger partial charge in [0, 0.05) is 12.6 Å². The van der Waals surface area contributed by atoms with E-state index >= 15 is 0 Å². The molecule has 1 aromatic carbocycles. The van der Waals surface area contributed by atoms with E-state index < -0.39 is 0 Å². The Balaban J connectivity index is 2.68. The highest BCUT2D eigenvalue weighted by atomic mass is 19.1. The molecule has 1 aromatic rings. The third kappa shape index (κ3) is 3.09. The van der Waals surface area contributed by atoms with Gasteiger partial charge in [0.1, 0.15) is 5.82 Å². The van der Waals surface area contributed by atoms with Gasteiger partial charge < -0.3 is 11.1 Å². The molecule has 78 valence electrons. The Morgan fingerprint density at radius 2 is 2.29 bits per heavy atom. The minimum Gasteiger partial charge on any atom is -0.329 e. The van der Waals surface area contributed by atoms with Crippen LogP contribution >= 0.6 is 0 Å². The molecule has 0 aliphatic carbocycles. The fourth-order valence-electron chi connectivity index (χ4n) is 1.38. The van der Waals surface area contributed by atoms with E-state index in [-0.39, 0.29) is 11.9 Å². The van der Waals surface area contributed by atoms with Crippen molar-refractivity contribution in [2.24, 2.45) is 5.73 Å². The largest absolute Gasteiger partial charge is 0.329 e. The Hall–Kier alpha value is -0.930. The van der Waals surface area contributed by atoms with Gasteiger partial charge in [-0.15, -0.1) is 0 Å². The number of hydrogen-bond donors (Lipinski definition) is 2. The van der Waals surface area contributed by atoms with Gasteiger partial charge >= 0.3 is 0 Å². The van der Waals surface area contributed by atoms with Crippen LogP contribution in [-0.4, -0.2) is 13.1 Å². The molecule has 0 saturated heterocycles. The van der Waals surface area contributed by atoms with Crippen molar-refractivity contribution in [3.8, 4) is 0 Å². The number of nitrogens with two attached hydrogens (primary N) is 1. The molecule has 0 heterocycles. The van der Waals surface area contributed by atoms with E-state index in [1.807, 2.05) is 6.07 Å². The maximum Gasteiger partial charge on any atom is 0.123 e. The molecule has 3 N–H and O–H groups in total. The quantitative estimate of drug-likeness (QED) is 0.754. The first-order valence-electron chi connectivity index (χ1n) is 4.96. The highest BCUT2D eigenvalue weighted by Crippen LogP contribution is 2.12. The monoisotopic (exact) mass is 196 g/mol. The maximum absolute atomic E-state index is 12.9. The zero-order valence-corrected chi connectivity index (χ0v) is 8.46. The Morgan fingerprint density at radius 1 is 1.50 bits per heavy atom. The average molecular weight is 196 g/mol. The summed E-state index contributed by atoms with van der Waals surface area (Å²) in [5, 5.41) is 3.27. The van der Waals surface area contributed by atoms with Crippen LogP contribution in [0.1, 0.15) is 24.9 Å². The van der Waals surface area contributed by atoms with Gasteiger partial charge in [-0.2, -0.15) is 0 Å². The molecule has 0 spiro atoms. The van der Waals surface area contributed by atoms with Gasteiger partial charge in [-0.05, 0) is 30.7 Å². The number of benzene rings is 1. The zero-order valence-electron chi connectivity index (χ0n) is 8.46. The van der Waals surface area contributed by atoms with Crippen molar-refractivity contribution in [2.45, 2.75) is 19.4 Å². The molecule has 1 rings (SSSR count). The molecule has 2 nitrogen and oxygen atoms in total. The Kier molecular flexibility index (Phi) is 4.56. The van der Waals surface area contributed by atoms with Gasteiger partial charge in [0.15, 0.2) is 0 Å². The second-order valence-corrected chi connectivity index (χ2v) is 3.30. The van der Waals surface area contributed by atoms with E-state index in [9.17, 15) is 4.39 Å². The van der Waals surface area contributed by atoms with Crippen molar-refractivity contribution in [3.05, 3.63) is 35.6 Å². The first-order chi connectivity index (χ1) is 6.77. The van der Waals surface area contributed by atoms with Crippen LogP contribution in [0.25, 0.3) is 0 Å². The summed E-state index contributed by atoms with van der Waals surface area (Å²) in [4.78, 5) is 0. The van der Waals surface area contributed by atoms with Crippen LogP contribution in [0.4, 0.5) is 4.39 Å². The molecule has 1 unspecified atom stereocenters. The van der Waals surface area contributed by atoms with Gasteiger partial charge in [-0.25, -0.2) is 4.39 Å². The fraction of sp³-hybridized carbons (Fsp3) is 0.455. The van der Waals surface area contributed by atoms with E-state index in [2.05, 4.69) is 12.2 Å². The van der Waals surface area contributed by atoms with Crippen molar-refractivity contribution >= 4 is 0 Å². The predicted molar refractivity (Wildman–Crippen MR) is 56.5 cm³/mol. The van der Waals surface area contributed by atoms with Gasteiger partial charge in [0.25, 0.3) is 0 Å². The molecule has 0 aliphatic heterocycles. The van der Waals surface area contributed by atoms with Crippen LogP contribution in [0, 0.1) is 5.82 Å². The lowest BCUT2D eigenvalue weighted by molar-refractivity contribution is 0.534. The summed E-state index contributed by atoms with van der Waals surface area (Å²) < 4.78 is 12.9. The van der Waals surface area contributed by atoms with Gasteiger partial charge in [0.2, 0.25) is 0 Å². The molecule has 0 amide bonds. The van der Waals surface area contributed by atoms with E-state index in [4.69, 9.17) is 5.73 Å².